The summed E-state index contributed by atoms with van der Waals surface area (Å²) in [5.74, 6) is 1.06. The Labute approximate surface area is 143 Å². The monoisotopic (exact) mass is 333 g/mol. The zero-order valence-corrected chi connectivity index (χ0v) is 14.0. The molecule has 1 aromatic carbocycles. The van der Waals surface area contributed by atoms with Gasteiger partial charge in [-0.2, -0.15) is 0 Å². The third-order valence-corrected chi connectivity index (χ3v) is 4.81. The largest absolute Gasteiger partial charge is 0.483 e. The van der Waals surface area contributed by atoms with Gasteiger partial charge in [-0.15, -0.1) is 0 Å². The summed E-state index contributed by atoms with van der Waals surface area (Å²) in [4.78, 5) is 14.0. The summed E-state index contributed by atoms with van der Waals surface area (Å²) in [5.41, 5.74) is 1.03. The zero-order valence-electron chi connectivity index (χ0n) is 14.0. The van der Waals surface area contributed by atoms with Gasteiger partial charge in [0.2, 0.25) is 0 Å². The molecule has 3 rings (SSSR count). The maximum absolute atomic E-state index is 12.1. The van der Waals surface area contributed by atoms with Crippen LogP contribution in [0.5, 0.6) is 5.75 Å². The van der Waals surface area contributed by atoms with Gasteiger partial charge in [-0.25, -0.2) is 0 Å². The lowest BCUT2D eigenvalue weighted by Gasteiger charge is -2.18. The van der Waals surface area contributed by atoms with E-state index in [1.807, 2.05) is 29.2 Å². The second-order valence-electron chi connectivity index (χ2n) is 6.60. The highest BCUT2D eigenvalue weighted by atomic mass is 16.5. The minimum absolute atomic E-state index is 0.0652. The summed E-state index contributed by atoms with van der Waals surface area (Å²) in [6.45, 7) is 4.74. The lowest BCUT2D eigenvalue weighted by atomic mass is 10.1. The smallest absolute Gasteiger partial charge is 0.260 e. The predicted molar refractivity (Wildman–Crippen MR) is 91.8 cm³/mol. The van der Waals surface area contributed by atoms with Crippen LogP contribution in [0.25, 0.3) is 0 Å². The van der Waals surface area contributed by atoms with Crippen LogP contribution >= 0.6 is 0 Å². The van der Waals surface area contributed by atoms with Crippen LogP contribution in [0.2, 0.25) is 0 Å². The number of β-amino-alcohol motifs (C(OH)–C–C–N with tert-alkyl or cyclic N) is 1. The van der Waals surface area contributed by atoms with Gasteiger partial charge in [0.15, 0.2) is 6.61 Å². The van der Waals surface area contributed by atoms with Crippen molar-refractivity contribution in [2.75, 3.05) is 39.3 Å². The first-order chi connectivity index (χ1) is 11.7. The van der Waals surface area contributed by atoms with E-state index >= 15 is 0 Å². The number of ether oxygens (including phenoxy) is 1. The third-order valence-electron chi connectivity index (χ3n) is 4.81. The number of benzene rings is 1. The van der Waals surface area contributed by atoms with E-state index in [0.717, 1.165) is 50.3 Å². The standard InChI is InChI=1S/C18H27N3O3/c22-16-12-20-11-15(16)10-19-9-14-5-1-2-6-17(14)24-13-18(23)21-7-3-4-8-21/h1-2,5-6,15-16,19-20,22H,3-4,7-13H2. The van der Waals surface area contributed by atoms with Crippen molar-refractivity contribution >= 4 is 5.91 Å². The van der Waals surface area contributed by atoms with E-state index in [9.17, 15) is 9.90 Å². The Morgan fingerprint density at radius 3 is 2.83 bits per heavy atom. The highest BCUT2D eigenvalue weighted by Crippen LogP contribution is 2.18. The molecule has 132 valence electrons. The molecule has 2 heterocycles. The Morgan fingerprint density at radius 2 is 2.08 bits per heavy atom. The quantitative estimate of drug-likeness (QED) is 0.672. The van der Waals surface area contributed by atoms with Crippen molar-refractivity contribution in [3.63, 3.8) is 0 Å². The Kier molecular flexibility index (Phi) is 6.07. The van der Waals surface area contributed by atoms with Crippen molar-refractivity contribution in [1.29, 1.82) is 0 Å². The number of nitrogens with zero attached hydrogens (tertiary/aromatic N) is 1. The van der Waals surface area contributed by atoms with Gasteiger partial charge >= 0.3 is 0 Å². The van der Waals surface area contributed by atoms with Gasteiger partial charge in [-0.05, 0) is 18.9 Å². The molecule has 0 saturated carbocycles. The van der Waals surface area contributed by atoms with Crippen molar-refractivity contribution < 1.29 is 14.6 Å². The summed E-state index contributed by atoms with van der Waals surface area (Å²) in [7, 11) is 0. The number of carbonyl (C=O) groups is 1. The normalized spacial score (nSPS) is 23.6. The van der Waals surface area contributed by atoms with E-state index < -0.39 is 0 Å². The maximum atomic E-state index is 12.1. The van der Waals surface area contributed by atoms with E-state index in [1.165, 1.54) is 0 Å². The molecule has 2 fully saturated rings. The summed E-state index contributed by atoms with van der Waals surface area (Å²) >= 11 is 0. The van der Waals surface area contributed by atoms with Crippen LogP contribution in [0.15, 0.2) is 24.3 Å². The molecule has 0 spiro atoms. The highest BCUT2D eigenvalue weighted by molar-refractivity contribution is 5.78. The molecule has 6 heteroatoms. The van der Waals surface area contributed by atoms with Gasteiger partial charge in [0.25, 0.3) is 5.91 Å². The number of likely N-dealkylation sites (tertiary alicyclic amines) is 1. The average molecular weight is 333 g/mol. The maximum Gasteiger partial charge on any atom is 0.260 e. The molecule has 2 unspecified atom stereocenters. The van der Waals surface area contributed by atoms with Gasteiger partial charge in [-0.1, -0.05) is 18.2 Å². The number of hydrogen-bond acceptors (Lipinski definition) is 5. The van der Waals surface area contributed by atoms with Gasteiger partial charge in [0.05, 0.1) is 6.10 Å². The van der Waals surface area contributed by atoms with Crippen molar-refractivity contribution in [2.45, 2.75) is 25.5 Å². The van der Waals surface area contributed by atoms with E-state index in [4.69, 9.17) is 4.74 Å². The summed E-state index contributed by atoms with van der Waals surface area (Å²) in [6, 6.07) is 7.80. The van der Waals surface area contributed by atoms with Crippen LogP contribution < -0.4 is 15.4 Å². The third kappa shape index (κ3) is 4.47. The number of para-hydroxylation sites is 1. The fraction of sp³-hybridized carbons (Fsp3) is 0.611. The molecular formula is C18H27N3O3. The SMILES string of the molecule is O=C(COc1ccccc1CNCC1CNCC1O)N1CCCC1. The van der Waals surface area contributed by atoms with Crippen LogP contribution in [-0.4, -0.2) is 61.3 Å². The van der Waals surface area contributed by atoms with Crippen LogP contribution in [0.1, 0.15) is 18.4 Å². The fourth-order valence-electron chi connectivity index (χ4n) is 3.31. The number of aliphatic hydroxyl groups is 1. The molecule has 2 aliphatic rings. The Hall–Kier alpha value is -1.63. The van der Waals surface area contributed by atoms with Crippen LogP contribution in [0.3, 0.4) is 0 Å². The first-order valence-corrected chi connectivity index (χ1v) is 8.82. The molecule has 0 radical (unpaired) electrons. The summed E-state index contributed by atoms with van der Waals surface area (Å²) in [5, 5.41) is 16.4. The van der Waals surface area contributed by atoms with Crippen molar-refractivity contribution in [1.82, 2.24) is 15.5 Å². The topological polar surface area (TPSA) is 73.8 Å². The fourth-order valence-corrected chi connectivity index (χ4v) is 3.31. The van der Waals surface area contributed by atoms with Gasteiger partial charge in [0.1, 0.15) is 5.75 Å². The molecule has 1 amide bonds. The summed E-state index contributed by atoms with van der Waals surface area (Å²) in [6.07, 6.45) is 1.91. The van der Waals surface area contributed by atoms with Crippen LogP contribution in [0, 0.1) is 5.92 Å². The molecule has 2 saturated heterocycles. The van der Waals surface area contributed by atoms with Crippen molar-refractivity contribution in [2.24, 2.45) is 5.92 Å². The number of rotatable bonds is 7. The number of nitrogens with one attached hydrogen (secondary N) is 2. The van der Waals surface area contributed by atoms with Gasteiger partial charge < -0.3 is 25.4 Å². The Bertz CT molecular complexity index is 546. The van der Waals surface area contributed by atoms with E-state index in [1.54, 1.807) is 0 Å². The molecule has 0 aliphatic carbocycles. The Morgan fingerprint density at radius 1 is 1.29 bits per heavy atom. The number of hydrogen-bond donors (Lipinski definition) is 3. The first-order valence-electron chi connectivity index (χ1n) is 8.82. The molecule has 3 N–H and O–H groups in total. The summed E-state index contributed by atoms with van der Waals surface area (Å²) < 4.78 is 5.76. The molecule has 2 atom stereocenters. The number of aliphatic hydroxyl groups excluding tert-OH is 1. The first kappa shape index (κ1) is 17.2. The molecule has 24 heavy (non-hydrogen) atoms. The van der Waals surface area contributed by atoms with Crippen LogP contribution in [0.4, 0.5) is 0 Å². The van der Waals surface area contributed by atoms with Gasteiger partial charge in [-0.3, -0.25) is 4.79 Å². The number of amides is 1. The van der Waals surface area contributed by atoms with E-state index in [0.29, 0.717) is 13.1 Å². The van der Waals surface area contributed by atoms with Crippen LogP contribution in [-0.2, 0) is 11.3 Å². The molecule has 0 bridgehead atoms. The minimum Gasteiger partial charge on any atom is -0.483 e. The molecule has 2 aliphatic heterocycles. The minimum atomic E-state index is -0.276. The van der Waals surface area contributed by atoms with E-state index in [-0.39, 0.29) is 24.5 Å². The highest BCUT2D eigenvalue weighted by Gasteiger charge is 2.24. The molecule has 6 nitrogen and oxygen atoms in total. The lowest BCUT2D eigenvalue weighted by Crippen LogP contribution is -2.32. The average Bonchev–Trinajstić information content (AvgIpc) is 3.26. The molecule has 0 aromatic heterocycles. The second kappa shape index (κ2) is 8.46. The predicted octanol–water partition coefficient (Wildman–Crippen LogP) is 0.358. The van der Waals surface area contributed by atoms with Crippen molar-refractivity contribution in [3.05, 3.63) is 29.8 Å². The molecular weight excluding hydrogens is 306 g/mol. The van der Waals surface area contributed by atoms with Crippen molar-refractivity contribution in [3.8, 4) is 5.75 Å². The van der Waals surface area contributed by atoms with E-state index in [2.05, 4.69) is 10.6 Å². The Balaban J connectivity index is 1.48. The number of carbonyl (C=O) groups excluding carboxylic acids is 1. The zero-order chi connectivity index (χ0) is 16.8. The molecule has 1 aromatic rings. The lowest BCUT2D eigenvalue weighted by molar-refractivity contribution is -0.132. The van der Waals surface area contributed by atoms with Gasteiger partial charge in [0, 0.05) is 50.7 Å². The second-order valence-corrected chi connectivity index (χ2v) is 6.60.